The molecule has 0 radical (unpaired) electrons. The number of Topliss-reactive ketones (excluding diaryl/α,β-unsaturated/α-hetero) is 1. The second-order valence-corrected chi connectivity index (χ2v) is 6.80. The number of hydrogen-bond acceptors (Lipinski definition) is 5. The lowest BCUT2D eigenvalue weighted by Crippen LogP contribution is -2.44. The third kappa shape index (κ3) is 2.27. The summed E-state index contributed by atoms with van der Waals surface area (Å²) in [6.45, 7) is 3.20. The number of amides is 1. The van der Waals surface area contributed by atoms with Gasteiger partial charge in [-0.1, -0.05) is 24.2 Å². The molecule has 2 atom stereocenters. The molecule has 2 fully saturated rings. The Labute approximate surface area is 122 Å². The Balaban J connectivity index is 1.76. The van der Waals surface area contributed by atoms with Crippen molar-refractivity contribution in [3.8, 4) is 0 Å². The zero-order chi connectivity index (χ0) is 14.2. The van der Waals surface area contributed by atoms with Crippen molar-refractivity contribution in [3.63, 3.8) is 0 Å². The molecule has 1 amide bonds. The van der Waals surface area contributed by atoms with Gasteiger partial charge in [0.25, 0.3) is 0 Å². The van der Waals surface area contributed by atoms with Crippen molar-refractivity contribution in [2.24, 2.45) is 11.3 Å². The molecule has 1 saturated carbocycles. The van der Waals surface area contributed by atoms with E-state index in [4.69, 9.17) is 0 Å². The van der Waals surface area contributed by atoms with Gasteiger partial charge in [0, 0.05) is 13.5 Å². The molecule has 6 heteroatoms. The average Bonchev–Trinajstić information content (AvgIpc) is 3.04. The molecule has 2 heterocycles. The number of hydrogen-bond donors (Lipinski definition) is 2. The summed E-state index contributed by atoms with van der Waals surface area (Å²) in [5.41, 5.74) is -0.277. The van der Waals surface area contributed by atoms with Gasteiger partial charge >= 0.3 is 0 Å². The topological polar surface area (TPSA) is 71.1 Å². The van der Waals surface area contributed by atoms with Gasteiger partial charge in [0.15, 0.2) is 10.9 Å². The fraction of sp³-hybridized carbons (Fsp3) is 0.643. The first-order valence-electron chi connectivity index (χ1n) is 7.11. The van der Waals surface area contributed by atoms with Crippen molar-refractivity contribution in [2.45, 2.75) is 32.6 Å². The summed E-state index contributed by atoms with van der Waals surface area (Å²) in [7, 11) is 0. The van der Waals surface area contributed by atoms with E-state index in [0.717, 1.165) is 32.4 Å². The molecule has 2 N–H and O–H groups in total. The van der Waals surface area contributed by atoms with Crippen LogP contribution in [0.4, 0.5) is 5.13 Å². The number of carbonyl (C=O) groups is 2. The summed E-state index contributed by atoms with van der Waals surface area (Å²) < 4.78 is 0. The summed E-state index contributed by atoms with van der Waals surface area (Å²) in [5, 5.41) is 6.82. The fourth-order valence-electron chi connectivity index (χ4n) is 3.41. The van der Waals surface area contributed by atoms with Crippen LogP contribution in [0.5, 0.6) is 0 Å². The molecule has 2 aliphatic rings. The molecule has 0 aromatic carbocycles. The molecule has 3 rings (SSSR count). The van der Waals surface area contributed by atoms with Crippen LogP contribution in [0.1, 0.15) is 42.3 Å². The first kappa shape index (κ1) is 13.7. The number of carbonyl (C=O) groups excluding carboxylic acids is 2. The smallest absolute Gasteiger partial charge is 0.233 e. The van der Waals surface area contributed by atoms with Gasteiger partial charge in [0.2, 0.25) is 5.91 Å². The Morgan fingerprint density at radius 1 is 1.50 bits per heavy atom. The zero-order valence-electron chi connectivity index (χ0n) is 11.6. The largest absolute Gasteiger partial charge is 0.315 e. The Kier molecular flexibility index (Phi) is 3.60. The summed E-state index contributed by atoms with van der Waals surface area (Å²) in [6.07, 6.45) is 5.93. The first-order chi connectivity index (χ1) is 9.62. The third-order valence-corrected chi connectivity index (χ3v) is 5.58. The highest BCUT2D eigenvalue weighted by molar-refractivity contribution is 7.17. The molecule has 20 heavy (non-hydrogen) atoms. The minimum atomic E-state index is -0.277. The number of ketones is 1. The predicted octanol–water partition coefficient (Wildman–Crippen LogP) is 2.06. The van der Waals surface area contributed by atoms with E-state index in [-0.39, 0.29) is 17.1 Å². The fourth-order valence-corrected chi connectivity index (χ4v) is 4.11. The number of fused-ring (bicyclic) bond motifs is 1. The highest BCUT2D eigenvalue weighted by Gasteiger charge is 2.49. The quantitative estimate of drug-likeness (QED) is 0.837. The van der Waals surface area contributed by atoms with Crippen LogP contribution >= 0.6 is 11.3 Å². The van der Waals surface area contributed by atoms with Gasteiger partial charge in [0.05, 0.1) is 16.5 Å². The second kappa shape index (κ2) is 5.26. The summed E-state index contributed by atoms with van der Waals surface area (Å²) >= 11 is 1.25. The average molecular weight is 293 g/mol. The van der Waals surface area contributed by atoms with Crippen molar-refractivity contribution in [1.82, 2.24) is 10.3 Å². The van der Waals surface area contributed by atoms with E-state index in [9.17, 15) is 9.59 Å². The molecule has 108 valence electrons. The van der Waals surface area contributed by atoms with Crippen LogP contribution in [0.15, 0.2) is 6.20 Å². The van der Waals surface area contributed by atoms with Crippen molar-refractivity contribution in [1.29, 1.82) is 0 Å². The standard InChI is InChI=1S/C14H19N3O2S/c1-9(18)11-7-16-13(20-11)17-12(19)14-5-3-2-4-10(14)6-15-8-14/h7,10,15H,2-6,8H2,1H3,(H,16,17,19)/t10-,14+/m0/s1. The number of nitrogens with zero attached hydrogens (tertiary/aromatic N) is 1. The molecule has 1 saturated heterocycles. The maximum atomic E-state index is 12.7. The highest BCUT2D eigenvalue weighted by atomic mass is 32.1. The summed E-state index contributed by atoms with van der Waals surface area (Å²) in [4.78, 5) is 28.7. The van der Waals surface area contributed by atoms with E-state index < -0.39 is 0 Å². The molecule has 1 aromatic heterocycles. The Hall–Kier alpha value is -1.27. The Morgan fingerprint density at radius 2 is 2.35 bits per heavy atom. The molecular formula is C14H19N3O2S. The van der Waals surface area contributed by atoms with E-state index in [0.29, 0.717) is 15.9 Å². The zero-order valence-corrected chi connectivity index (χ0v) is 12.4. The van der Waals surface area contributed by atoms with Crippen LogP contribution in [-0.2, 0) is 4.79 Å². The number of thiazole rings is 1. The molecule has 0 unspecified atom stereocenters. The SMILES string of the molecule is CC(=O)c1cnc(NC(=O)[C@@]23CCCC[C@H]2CNC3)s1. The Bertz CT molecular complexity index is 542. The Morgan fingerprint density at radius 3 is 3.10 bits per heavy atom. The molecule has 1 aromatic rings. The van der Waals surface area contributed by atoms with E-state index in [1.54, 1.807) is 0 Å². The van der Waals surface area contributed by atoms with Gasteiger partial charge in [-0.25, -0.2) is 4.98 Å². The van der Waals surface area contributed by atoms with Crippen molar-refractivity contribution in [3.05, 3.63) is 11.1 Å². The van der Waals surface area contributed by atoms with E-state index >= 15 is 0 Å². The van der Waals surface area contributed by atoms with Crippen LogP contribution in [0.2, 0.25) is 0 Å². The van der Waals surface area contributed by atoms with Crippen LogP contribution < -0.4 is 10.6 Å². The maximum absolute atomic E-state index is 12.7. The van der Waals surface area contributed by atoms with Crippen LogP contribution in [0.25, 0.3) is 0 Å². The van der Waals surface area contributed by atoms with Crippen LogP contribution in [-0.4, -0.2) is 29.8 Å². The van der Waals surface area contributed by atoms with E-state index in [1.807, 2.05) is 0 Å². The molecule has 0 bridgehead atoms. The summed E-state index contributed by atoms with van der Waals surface area (Å²) in [6, 6.07) is 0. The van der Waals surface area contributed by atoms with E-state index in [2.05, 4.69) is 15.6 Å². The molecular weight excluding hydrogens is 274 g/mol. The summed E-state index contributed by atoms with van der Waals surface area (Å²) in [5.74, 6) is 0.486. The number of rotatable bonds is 3. The van der Waals surface area contributed by atoms with Gasteiger partial charge in [-0.2, -0.15) is 0 Å². The third-order valence-electron chi connectivity index (χ3n) is 4.56. The minimum absolute atomic E-state index is 0.0146. The van der Waals surface area contributed by atoms with Gasteiger partial charge < -0.3 is 10.6 Å². The van der Waals surface area contributed by atoms with Gasteiger partial charge in [-0.05, 0) is 25.3 Å². The lowest BCUT2D eigenvalue weighted by Gasteiger charge is -2.36. The van der Waals surface area contributed by atoms with Crippen molar-refractivity contribution in [2.75, 3.05) is 18.4 Å². The van der Waals surface area contributed by atoms with Gasteiger partial charge in [-0.3, -0.25) is 9.59 Å². The highest BCUT2D eigenvalue weighted by Crippen LogP contribution is 2.44. The minimum Gasteiger partial charge on any atom is -0.315 e. The van der Waals surface area contributed by atoms with Crippen LogP contribution in [0.3, 0.4) is 0 Å². The molecule has 0 spiro atoms. The lowest BCUT2D eigenvalue weighted by molar-refractivity contribution is -0.128. The van der Waals surface area contributed by atoms with Crippen molar-refractivity contribution < 1.29 is 9.59 Å². The molecule has 5 nitrogen and oxygen atoms in total. The monoisotopic (exact) mass is 293 g/mol. The predicted molar refractivity (Wildman–Crippen MR) is 78.0 cm³/mol. The first-order valence-corrected chi connectivity index (χ1v) is 7.92. The lowest BCUT2D eigenvalue weighted by atomic mass is 9.68. The van der Waals surface area contributed by atoms with Gasteiger partial charge in [0.1, 0.15) is 0 Å². The normalized spacial score (nSPS) is 28.9. The number of aromatic nitrogens is 1. The number of anilines is 1. The van der Waals surface area contributed by atoms with Gasteiger partial charge in [-0.15, -0.1) is 0 Å². The molecule has 1 aliphatic heterocycles. The van der Waals surface area contributed by atoms with Crippen LogP contribution in [0, 0.1) is 11.3 Å². The van der Waals surface area contributed by atoms with E-state index in [1.165, 1.54) is 30.9 Å². The second-order valence-electron chi connectivity index (χ2n) is 5.77. The number of nitrogens with one attached hydrogen (secondary N) is 2. The maximum Gasteiger partial charge on any atom is 0.233 e. The van der Waals surface area contributed by atoms with Crippen molar-refractivity contribution >= 4 is 28.2 Å². The molecule has 1 aliphatic carbocycles.